The van der Waals surface area contributed by atoms with Crippen LogP contribution < -0.4 is 10.2 Å². The monoisotopic (exact) mass is 1000 g/mol. The van der Waals surface area contributed by atoms with Crippen molar-refractivity contribution in [3.8, 4) is 0 Å². The predicted octanol–water partition coefficient (Wildman–Crippen LogP) is 16.0. The van der Waals surface area contributed by atoms with E-state index in [1.165, 1.54) is 122 Å². The molecule has 0 heterocycles. The van der Waals surface area contributed by atoms with Crippen molar-refractivity contribution in [2.75, 3.05) is 11.5 Å². The van der Waals surface area contributed by atoms with Crippen LogP contribution in [-0.2, 0) is 9.59 Å². The van der Waals surface area contributed by atoms with E-state index in [2.05, 4.69) is 94.5 Å². The molecule has 0 aromatic carbocycles. The average molecular weight is 1000 g/mol. The molecule has 0 unspecified atom stereocenters. The number of carboxylic acids is 2. The van der Waals surface area contributed by atoms with Gasteiger partial charge in [-0.2, -0.15) is 25.3 Å². The summed E-state index contributed by atoms with van der Waals surface area (Å²) < 4.78 is 3.28. The van der Waals surface area contributed by atoms with Crippen LogP contribution in [0.15, 0.2) is 0 Å². The first-order valence-corrected chi connectivity index (χ1v) is 31.7. The molecule has 4 nitrogen and oxygen atoms in total. The molecule has 0 spiro atoms. The Bertz CT molecular complexity index is 813. The van der Waals surface area contributed by atoms with E-state index in [-0.39, 0.29) is 21.1 Å². The molecule has 0 saturated heterocycles. The summed E-state index contributed by atoms with van der Waals surface area (Å²) >= 11 is 8.83. The van der Waals surface area contributed by atoms with Gasteiger partial charge >= 0.3 is 95.2 Å². The molecule has 0 aliphatic carbocycles. The quantitative estimate of drug-likeness (QED) is 0.0363. The van der Waals surface area contributed by atoms with E-state index < -0.39 is 22.8 Å². The van der Waals surface area contributed by atoms with E-state index in [1.54, 1.807) is 15.3 Å². The molecule has 7 heteroatoms. The van der Waals surface area contributed by atoms with Crippen LogP contribution in [0.25, 0.3) is 0 Å². The number of unbranched alkanes of at least 4 members (excludes halogenated alkanes) is 18. The molecule has 0 radical (unpaired) electrons. The third-order valence-electron chi connectivity index (χ3n) is 12.6. The van der Waals surface area contributed by atoms with E-state index in [0.717, 1.165) is 101 Å². The van der Waals surface area contributed by atoms with Crippen LogP contribution in [0.1, 0.15) is 275 Å². The van der Waals surface area contributed by atoms with Gasteiger partial charge in [-0.15, -0.1) is 0 Å². The first-order valence-electron chi connectivity index (χ1n) is 26.4. The van der Waals surface area contributed by atoms with Gasteiger partial charge in [0.05, 0.1) is 0 Å². The van der Waals surface area contributed by atoms with Gasteiger partial charge in [-0.1, -0.05) is 184 Å². The Labute approximate surface area is 405 Å². The molecule has 0 amide bonds. The topological polar surface area (TPSA) is 80.3 Å². The second-order valence-electron chi connectivity index (χ2n) is 20.7. The second kappa shape index (κ2) is 46.9. The maximum atomic E-state index is 11.7. The Hall–Kier alpha value is 0.439. The standard InChI is InChI=1S/2C21H42O2S.C8H17.C4H9.Sn/c2*1-18(2)13-9-5-7-11-15-21(17-24,20(22)23)16-12-8-6-10-14-19(3)4;1-3-5-7-8-6-4-2;1-3-4-2;/h2*18-19,24H,5-17H2,1-4H3,(H,22,23);1,3-8H2,2H3;1,3-4H2,2H3;/q;;;;+2/p-2. The summed E-state index contributed by atoms with van der Waals surface area (Å²) in [7, 11) is 0. The molecule has 0 aromatic rings. The minimum atomic E-state index is -0.887. The summed E-state index contributed by atoms with van der Waals surface area (Å²) in [5, 5.41) is 23.4. The van der Waals surface area contributed by atoms with Crippen molar-refractivity contribution in [3.05, 3.63) is 0 Å². The molecule has 0 N–H and O–H groups in total. The summed E-state index contributed by atoms with van der Waals surface area (Å²) in [6.45, 7) is 22.6. The van der Waals surface area contributed by atoms with E-state index in [4.69, 9.17) is 0 Å². The van der Waals surface area contributed by atoms with Crippen molar-refractivity contribution in [1.82, 2.24) is 0 Å². The number of aliphatic carboxylic acids is 2. The van der Waals surface area contributed by atoms with Crippen LogP contribution in [0.2, 0.25) is 8.87 Å². The van der Waals surface area contributed by atoms with Crippen molar-refractivity contribution >= 4 is 58.3 Å². The summed E-state index contributed by atoms with van der Waals surface area (Å²) in [5.74, 6) is 2.10. The molecule has 0 atom stereocenters. The zero-order valence-electron chi connectivity index (χ0n) is 42.8. The Kier molecular flexibility index (Phi) is 50.6. The Balaban J connectivity index is -0.000000866. The maximum absolute atomic E-state index is 11.7. The number of carboxylic acid groups (broad SMARTS) is 2. The van der Waals surface area contributed by atoms with Gasteiger partial charge in [0.25, 0.3) is 0 Å². The van der Waals surface area contributed by atoms with Crippen molar-refractivity contribution < 1.29 is 19.8 Å². The first-order chi connectivity index (χ1) is 29.1. The SMILES string of the molecule is CC(C)CCCCCCC(CS)(CCCCCCC(C)C)C(=O)[O-].CC(C)CCCCCCC(CS)(CCCCCCC(C)C)C(=O)[O-].CCCCCCC[CH2][Sn+2][CH2]CCC. The molecule has 364 valence electrons. The zero-order chi connectivity index (χ0) is 46.6. The van der Waals surface area contributed by atoms with E-state index in [0.29, 0.717) is 11.5 Å². The molecule has 0 aromatic heterocycles. The van der Waals surface area contributed by atoms with Gasteiger partial charge in [0, 0.05) is 34.3 Å². The molecule has 0 saturated carbocycles. The molecular weight excluding hydrogens is 895 g/mol. The normalized spacial score (nSPS) is 11.8. The fraction of sp³-hybridized carbons (Fsp3) is 0.963. The molecule has 0 rings (SSSR count). The third-order valence-corrected chi connectivity index (χ3v) is 17.9. The van der Waals surface area contributed by atoms with Crippen LogP contribution >= 0.6 is 25.3 Å². The molecule has 61 heavy (non-hydrogen) atoms. The number of carbonyl (C=O) groups excluding carboxylic acids is 2. The van der Waals surface area contributed by atoms with E-state index in [1.807, 2.05) is 0 Å². The third kappa shape index (κ3) is 44.1. The number of carbonyl (C=O) groups is 2. The van der Waals surface area contributed by atoms with Crippen molar-refractivity contribution in [2.24, 2.45) is 34.5 Å². The van der Waals surface area contributed by atoms with Crippen LogP contribution in [0.4, 0.5) is 0 Å². The minimum absolute atomic E-state index is 0.112. The fourth-order valence-corrected chi connectivity index (χ4v) is 12.8. The van der Waals surface area contributed by atoms with Gasteiger partial charge in [0.2, 0.25) is 0 Å². The second-order valence-corrected chi connectivity index (χ2v) is 25.6. The molecule has 0 aliphatic rings. The van der Waals surface area contributed by atoms with Crippen LogP contribution in [-0.4, -0.2) is 44.6 Å². The average Bonchev–Trinajstić information content (AvgIpc) is 3.20. The predicted molar refractivity (Wildman–Crippen MR) is 276 cm³/mol. The zero-order valence-corrected chi connectivity index (χ0v) is 47.4. The number of rotatable bonds is 42. The summed E-state index contributed by atoms with van der Waals surface area (Å²) in [5.41, 5.74) is -1.42. The van der Waals surface area contributed by atoms with Crippen molar-refractivity contribution in [1.29, 1.82) is 0 Å². The van der Waals surface area contributed by atoms with Gasteiger partial charge in [-0.05, 0) is 49.4 Å². The molecular formula is C54H108O4S2Sn. The van der Waals surface area contributed by atoms with Crippen molar-refractivity contribution in [2.45, 2.75) is 284 Å². The van der Waals surface area contributed by atoms with Crippen LogP contribution in [0, 0.1) is 34.5 Å². The van der Waals surface area contributed by atoms with Gasteiger partial charge < -0.3 is 19.8 Å². The van der Waals surface area contributed by atoms with Gasteiger partial charge in [-0.3, -0.25) is 0 Å². The number of thiol groups is 2. The summed E-state index contributed by atoms with van der Waals surface area (Å²) in [4.78, 5) is 23.4. The first kappa shape index (κ1) is 65.7. The summed E-state index contributed by atoms with van der Waals surface area (Å²) in [6, 6.07) is 0. The number of hydrogen-bond donors (Lipinski definition) is 2. The summed E-state index contributed by atoms with van der Waals surface area (Å²) in [6.07, 6.45) is 38.2. The van der Waals surface area contributed by atoms with Crippen LogP contribution in [0.3, 0.4) is 0 Å². The number of hydrogen-bond acceptors (Lipinski definition) is 6. The van der Waals surface area contributed by atoms with Gasteiger partial charge in [0.1, 0.15) is 0 Å². The van der Waals surface area contributed by atoms with Crippen LogP contribution in [0.5, 0.6) is 0 Å². The molecule has 0 bridgehead atoms. The van der Waals surface area contributed by atoms with Crippen molar-refractivity contribution in [3.63, 3.8) is 0 Å². The molecule has 0 aliphatic heterocycles. The Morgan fingerprint density at radius 3 is 0.902 bits per heavy atom. The van der Waals surface area contributed by atoms with E-state index in [9.17, 15) is 19.8 Å². The van der Waals surface area contributed by atoms with Gasteiger partial charge in [-0.25, -0.2) is 0 Å². The molecule has 0 fully saturated rings. The fourth-order valence-electron chi connectivity index (χ4n) is 8.04. The van der Waals surface area contributed by atoms with E-state index >= 15 is 0 Å². The Morgan fingerprint density at radius 2 is 0.639 bits per heavy atom. The van der Waals surface area contributed by atoms with Gasteiger partial charge in [0.15, 0.2) is 0 Å². The Morgan fingerprint density at radius 1 is 0.393 bits per heavy atom.